The number of terminal acetylenes is 1. The Morgan fingerprint density at radius 2 is 2.25 bits per heavy atom. The van der Waals surface area contributed by atoms with E-state index in [0.29, 0.717) is 28.1 Å². The van der Waals surface area contributed by atoms with Crippen molar-refractivity contribution >= 4 is 21.7 Å². The molecule has 5 heteroatoms. The number of halogens is 2. The molecule has 0 aliphatic heterocycles. The number of anilines is 1. The van der Waals surface area contributed by atoms with E-state index in [2.05, 4.69) is 33.8 Å². The van der Waals surface area contributed by atoms with Gasteiger partial charge in [0.2, 0.25) is 0 Å². The monoisotopic (exact) mass is 335 g/mol. The summed E-state index contributed by atoms with van der Waals surface area (Å²) in [5, 5.41) is 0. The minimum Gasteiger partial charge on any atom is -0.383 e. The molecule has 0 radical (unpaired) electrons. The highest BCUT2D eigenvalue weighted by atomic mass is 79.9. The van der Waals surface area contributed by atoms with Gasteiger partial charge >= 0.3 is 0 Å². The standard InChI is InChI=1S/C15H15BrFN3/c1-3-5-13-19-14(15(18)20(13)8-4-2)10-6-7-11(16)12(17)9-10/h2,6-7,9H,3,5,8,18H2,1H3. The number of rotatable bonds is 4. The topological polar surface area (TPSA) is 43.8 Å². The SMILES string of the molecule is C#CCn1c(CCC)nc(-c2ccc(Br)c(F)c2)c1N. The van der Waals surface area contributed by atoms with Crippen LogP contribution in [0.25, 0.3) is 11.3 Å². The van der Waals surface area contributed by atoms with Crippen molar-refractivity contribution in [2.24, 2.45) is 0 Å². The van der Waals surface area contributed by atoms with E-state index in [9.17, 15) is 4.39 Å². The zero-order valence-corrected chi connectivity index (χ0v) is 12.7. The fourth-order valence-corrected chi connectivity index (χ4v) is 2.30. The minimum absolute atomic E-state index is 0.342. The van der Waals surface area contributed by atoms with Gasteiger partial charge in [0.05, 0.1) is 11.0 Å². The molecule has 3 nitrogen and oxygen atoms in total. The second-order valence-corrected chi connectivity index (χ2v) is 5.29. The van der Waals surface area contributed by atoms with Crippen LogP contribution < -0.4 is 5.73 Å². The first-order valence-electron chi connectivity index (χ1n) is 6.32. The van der Waals surface area contributed by atoms with Gasteiger partial charge in [-0.2, -0.15) is 0 Å². The van der Waals surface area contributed by atoms with E-state index in [4.69, 9.17) is 12.2 Å². The van der Waals surface area contributed by atoms with Gasteiger partial charge in [0.25, 0.3) is 0 Å². The molecule has 2 rings (SSSR count). The van der Waals surface area contributed by atoms with Gasteiger partial charge in [0, 0.05) is 12.0 Å². The van der Waals surface area contributed by atoms with E-state index in [1.807, 2.05) is 0 Å². The predicted octanol–water partition coefficient (Wildman–Crippen LogP) is 3.62. The highest BCUT2D eigenvalue weighted by Gasteiger charge is 2.16. The van der Waals surface area contributed by atoms with Gasteiger partial charge in [-0.15, -0.1) is 6.42 Å². The zero-order chi connectivity index (χ0) is 14.7. The molecule has 0 aliphatic rings. The van der Waals surface area contributed by atoms with Crippen LogP contribution in [0.15, 0.2) is 22.7 Å². The van der Waals surface area contributed by atoms with Crippen LogP contribution in [0, 0.1) is 18.2 Å². The molecule has 0 aliphatic carbocycles. The first kappa shape index (κ1) is 14.6. The molecule has 0 bridgehead atoms. The van der Waals surface area contributed by atoms with Crippen molar-refractivity contribution in [3.8, 4) is 23.6 Å². The Kier molecular flexibility index (Phi) is 4.46. The van der Waals surface area contributed by atoms with Gasteiger partial charge < -0.3 is 10.3 Å². The van der Waals surface area contributed by atoms with Gasteiger partial charge in [-0.05, 0) is 34.5 Å². The van der Waals surface area contributed by atoms with Crippen molar-refractivity contribution in [2.75, 3.05) is 5.73 Å². The number of nitrogens with zero attached hydrogens (tertiary/aromatic N) is 2. The Balaban J connectivity index is 2.54. The number of hydrogen-bond acceptors (Lipinski definition) is 2. The first-order valence-corrected chi connectivity index (χ1v) is 7.11. The third kappa shape index (κ3) is 2.70. The van der Waals surface area contributed by atoms with Gasteiger partial charge in [0.15, 0.2) is 0 Å². The van der Waals surface area contributed by atoms with Gasteiger partial charge in [-0.25, -0.2) is 9.37 Å². The van der Waals surface area contributed by atoms with E-state index >= 15 is 0 Å². The number of benzene rings is 1. The molecule has 0 saturated carbocycles. The number of nitrogen functional groups attached to an aromatic ring is 1. The smallest absolute Gasteiger partial charge is 0.138 e. The molecule has 1 aromatic heterocycles. The van der Waals surface area contributed by atoms with E-state index in [0.717, 1.165) is 18.7 Å². The van der Waals surface area contributed by atoms with Crippen molar-refractivity contribution < 1.29 is 4.39 Å². The molecular formula is C15H15BrFN3. The minimum atomic E-state index is -0.342. The van der Waals surface area contributed by atoms with Crippen LogP contribution in [0.2, 0.25) is 0 Å². The Morgan fingerprint density at radius 1 is 1.50 bits per heavy atom. The number of nitrogens with two attached hydrogens (primary N) is 1. The number of imidazole rings is 1. The highest BCUT2D eigenvalue weighted by Crippen LogP contribution is 2.29. The Hall–Kier alpha value is -1.80. The van der Waals surface area contributed by atoms with Crippen molar-refractivity contribution in [2.45, 2.75) is 26.3 Å². The molecule has 2 aromatic rings. The molecule has 20 heavy (non-hydrogen) atoms. The molecule has 0 unspecified atom stereocenters. The third-order valence-electron chi connectivity index (χ3n) is 3.00. The first-order chi connectivity index (χ1) is 9.58. The summed E-state index contributed by atoms with van der Waals surface area (Å²) < 4.78 is 15.9. The maximum atomic E-state index is 13.6. The lowest BCUT2D eigenvalue weighted by Crippen LogP contribution is -2.06. The summed E-state index contributed by atoms with van der Waals surface area (Å²) in [6.45, 7) is 2.43. The molecule has 0 amide bonds. The summed E-state index contributed by atoms with van der Waals surface area (Å²) in [5.74, 6) is 3.54. The fourth-order valence-electron chi connectivity index (χ4n) is 2.05. The Labute approximate surface area is 126 Å². The summed E-state index contributed by atoms with van der Waals surface area (Å²) in [6, 6.07) is 4.84. The molecule has 104 valence electrons. The molecule has 0 atom stereocenters. The summed E-state index contributed by atoms with van der Waals surface area (Å²) in [5.41, 5.74) is 7.34. The molecule has 0 saturated heterocycles. The molecule has 0 fully saturated rings. The summed E-state index contributed by atoms with van der Waals surface area (Å²) in [6.07, 6.45) is 7.09. The van der Waals surface area contributed by atoms with Crippen LogP contribution in [0.4, 0.5) is 10.2 Å². The quantitative estimate of drug-likeness (QED) is 0.867. The van der Waals surface area contributed by atoms with Crippen LogP contribution >= 0.6 is 15.9 Å². The average molecular weight is 336 g/mol. The van der Waals surface area contributed by atoms with E-state index in [1.165, 1.54) is 6.07 Å². The number of aryl methyl sites for hydroxylation is 1. The molecule has 1 heterocycles. The maximum absolute atomic E-state index is 13.6. The molecule has 1 aromatic carbocycles. The van der Waals surface area contributed by atoms with Crippen LogP contribution in [-0.2, 0) is 13.0 Å². The average Bonchev–Trinajstić information content (AvgIpc) is 2.72. The predicted molar refractivity (Wildman–Crippen MR) is 82.6 cm³/mol. The fraction of sp³-hybridized carbons (Fsp3) is 0.267. The van der Waals surface area contributed by atoms with Crippen molar-refractivity contribution in [1.29, 1.82) is 0 Å². The van der Waals surface area contributed by atoms with Gasteiger partial charge in [0.1, 0.15) is 23.2 Å². The van der Waals surface area contributed by atoms with Gasteiger partial charge in [-0.3, -0.25) is 0 Å². The summed E-state index contributed by atoms with van der Waals surface area (Å²) in [7, 11) is 0. The lowest BCUT2D eigenvalue weighted by Gasteiger charge is -2.05. The summed E-state index contributed by atoms with van der Waals surface area (Å²) in [4.78, 5) is 4.52. The third-order valence-corrected chi connectivity index (χ3v) is 3.65. The Bertz CT molecular complexity index is 670. The Morgan fingerprint density at radius 3 is 2.85 bits per heavy atom. The normalized spacial score (nSPS) is 10.5. The lowest BCUT2D eigenvalue weighted by molar-refractivity contribution is 0.621. The van der Waals surface area contributed by atoms with Crippen molar-refractivity contribution in [3.63, 3.8) is 0 Å². The summed E-state index contributed by atoms with van der Waals surface area (Å²) >= 11 is 3.13. The van der Waals surface area contributed by atoms with E-state index in [1.54, 1.807) is 16.7 Å². The lowest BCUT2D eigenvalue weighted by atomic mass is 10.1. The molecule has 0 spiro atoms. The van der Waals surface area contributed by atoms with Crippen LogP contribution in [0.3, 0.4) is 0 Å². The molecular weight excluding hydrogens is 321 g/mol. The van der Waals surface area contributed by atoms with Crippen molar-refractivity contribution in [1.82, 2.24) is 9.55 Å². The van der Waals surface area contributed by atoms with Gasteiger partial charge in [-0.1, -0.05) is 18.9 Å². The van der Waals surface area contributed by atoms with Crippen LogP contribution in [0.1, 0.15) is 19.2 Å². The second-order valence-electron chi connectivity index (χ2n) is 4.43. The van der Waals surface area contributed by atoms with E-state index < -0.39 is 0 Å². The van der Waals surface area contributed by atoms with Crippen LogP contribution in [0.5, 0.6) is 0 Å². The molecule has 2 N–H and O–H groups in total. The van der Waals surface area contributed by atoms with Crippen LogP contribution in [-0.4, -0.2) is 9.55 Å². The number of hydrogen-bond donors (Lipinski definition) is 1. The zero-order valence-electron chi connectivity index (χ0n) is 11.2. The highest BCUT2D eigenvalue weighted by molar-refractivity contribution is 9.10. The van der Waals surface area contributed by atoms with E-state index in [-0.39, 0.29) is 5.82 Å². The van der Waals surface area contributed by atoms with Crippen molar-refractivity contribution in [3.05, 3.63) is 34.3 Å². The maximum Gasteiger partial charge on any atom is 0.138 e. The largest absolute Gasteiger partial charge is 0.383 e. The second kappa shape index (κ2) is 6.10. The number of aromatic nitrogens is 2.